The number of hydrogen-bond donors (Lipinski definition) is 0. The number of rotatable bonds is 4. The molecule has 5 aromatic rings. The van der Waals surface area contributed by atoms with E-state index in [4.69, 9.17) is 4.42 Å². The molecule has 0 aliphatic rings. The van der Waals surface area contributed by atoms with Crippen LogP contribution in [0, 0.1) is 0 Å². The third kappa shape index (κ3) is 3.23. The lowest BCUT2D eigenvalue weighted by Crippen LogP contribution is -2.03. The molecule has 5 rings (SSSR count). The van der Waals surface area contributed by atoms with Crippen molar-refractivity contribution in [3.05, 3.63) is 114 Å². The normalized spacial score (nSPS) is 11.8. The van der Waals surface area contributed by atoms with Crippen molar-refractivity contribution in [2.24, 2.45) is 0 Å². The van der Waals surface area contributed by atoms with Crippen LogP contribution in [0.1, 0.15) is 21.8 Å². The fraction of sp³-hybridized carbons (Fsp3) is 0. The van der Waals surface area contributed by atoms with Crippen LogP contribution in [-0.4, -0.2) is 10.8 Å². The predicted molar refractivity (Wildman–Crippen MR) is 117 cm³/mol. The van der Waals surface area contributed by atoms with Crippen LogP contribution in [-0.2, 0) is 0 Å². The van der Waals surface area contributed by atoms with Crippen LogP contribution in [0.4, 0.5) is 0 Å². The van der Waals surface area contributed by atoms with Crippen molar-refractivity contribution in [1.29, 1.82) is 0 Å². The van der Waals surface area contributed by atoms with Gasteiger partial charge in [-0.1, -0.05) is 84.9 Å². The standard InChI is InChI=1S/C26H17NO2/c28-25(19-10-2-1-3-11-19)22(26-27-23-15-6-7-16-24(23)29-26)17-20-13-8-12-18-9-4-5-14-21(18)20/h1-17H. The van der Waals surface area contributed by atoms with E-state index in [-0.39, 0.29) is 5.78 Å². The van der Waals surface area contributed by atoms with Crippen molar-refractivity contribution < 1.29 is 9.21 Å². The first kappa shape index (κ1) is 17.1. The van der Waals surface area contributed by atoms with Gasteiger partial charge in [0.05, 0.1) is 5.57 Å². The number of benzene rings is 4. The fourth-order valence-corrected chi connectivity index (χ4v) is 3.49. The van der Waals surface area contributed by atoms with Gasteiger partial charge in [-0.25, -0.2) is 4.98 Å². The van der Waals surface area contributed by atoms with E-state index >= 15 is 0 Å². The molecule has 0 saturated heterocycles. The Kier molecular flexibility index (Phi) is 4.26. The molecule has 0 unspecified atom stereocenters. The minimum Gasteiger partial charge on any atom is -0.436 e. The second kappa shape index (κ2) is 7.21. The summed E-state index contributed by atoms with van der Waals surface area (Å²) in [5.74, 6) is 0.207. The van der Waals surface area contributed by atoms with Gasteiger partial charge in [0.15, 0.2) is 11.4 Å². The first-order chi connectivity index (χ1) is 14.3. The molecule has 138 valence electrons. The molecule has 0 aliphatic carbocycles. The summed E-state index contributed by atoms with van der Waals surface area (Å²) in [5, 5.41) is 2.19. The van der Waals surface area contributed by atoms with Crippen molar-refractivity contribution in [3.8, 4) is 0 Å². The lowest BCUT2D eigenvalue weighted by molar-refractivity contribution is 0.105. The molecule has 0 aliphatic heterocycles. The summed E-state index contributed by atoms with van der Waals surface area (Å²) in [6.45, 7) is 0. The maximum Gasteiger partial charge on any atom is 0.231 e. The SMILES string of the molecule is O=C(C(=Cc1cccc2ccccc12)c1nc2ccccc2o1)c1ccccc1. The zero-order chi connectivity index (χ0) is 19.6. The van der Waals surface area contributed by atoms with Crippen LogP contribution in [0.5, 0.6) is 0 Å². The van der Waals surface area contributed by atoms with Crippen LogP contribution < -0.4 is 0 Å². The second-order valence-electron chi connectivity index (χ2n) is 6.81. The van der Waals surface area contributed by atoms with Gasteiger partial charge in [0.1, 0.15) is 5.52 Å². The Labute approximate surface area is 167 Å². The third-order valence-electron chi connectivity index (χ3n) is 4.93. The largest absolute Gasteiger partial charge is 0.436 e. The van der Waals surface area contributed by atoms with Crippen LogP contribution in [0.25, 0.3) is 33.5 Å². The zero-order valence-electron chi connectivity index (χ0n) is 15.6. The molecule has 29 heavy (non-hydrogen) atoms. The Morgan fingerprint density at radius 2 is 1.48 bits per heavy atom. The summed E-state index contributed by atoms with van der Waals surface area (Å²) in [5.41, 5.74) is 3.37. The van der Waals surface area contributed by atoms with E-state index in [9.17, 15) is 4.79 Å². The number of nitrogens with zero attached hydrogens (tertiary/aromatic N) is 1. The minimum absolute atomic E-state index is 0.120. The number of Topliss-reactive ketones (excluding diaryl/α,β-unsaturated/α-hetero) is 1. The predicted octanol–water partition coefficient (Wildman–Crippen LogP) is 6.40. The first-order valence-electron chi connectivity index (χ1n) is 9.45. The molecule has 0 radical (unpaired) electrons. The highest BCUT2D eigenvalue weighted by Crippen LogP contribution is 2.28. The molecule has 3 heteroatoms. The number of oxazole rings is 1. The van der Waals surface area contributed by atoms with Crippen LogP contribution >= 0.6 is 0 Å². The molecule has 4 aromatic carbocycles. The lowest BCUT2D eigenvalue weighted by Gasteiger charge is -2.06. The minimum atomic E-state index is -0.120. The Morgan fingerprint density at radius 3 is 2.34 bits per heavy atom. The molecule has 3 nitrogen and oxygen atoms in total. The van der Waals surface area contributed by atoms with E-state index in [1.165, 1.54) is 0 Å². The highest BCUT2D eigenvalue weighted by atomic mass is 16.3. The molecule has 0 spiro atoms. The summed E-state index contributed by atoms with van der Waals surface area (Å²) in [4.78, 5) is 18.0. The second-order valence-corrected chi connectivity index (χ2v) is 6.81. The molecule has 0 saturated carbocycles. The highest BCUT2D eigenvalue weighted by molar-refractivity contribution is 6.32. The lowest BCUT2D eigenvalue weighted by atomic mass is 9.98. The van der Waals surface area contributed by atoms with Gasteiger partial charge in [-0.3, -0.25) is 4.79 Å². The number of fused-ring (bicyclic) bond motifs is 2. The third-order valence-corrected chi connectivity index (χ3v) is 4.93. The Bertz CT molecular complexity index is 1330. The van der Waals surface area contributed by atoms with Gasteiger partial charge >= 0.3 is 0 Å². The summed E-state index contributed by atoms with van der Waals surface area (Å²) >= 11 is 0. The first-order valence-corrected chi connectivity index (χ1v) is 9.45. The van der Waals surface area contributed by atoms with Gasteiger partial charge in [0.2, 0.25) is 5.89 Å². The number of ketones is 1. The number of carbonyl (C=O) groups is 1. The van der Waals surface area contributed by atoms with Crippen LogP contribution in [0.2, 0.25) is 0 Å². The summed E-state index contributed by atoms with van der Waals surface area (Å²) < 4.78 is 5.96. The molecule has 1 heterocycles. The van der Waals surface area contributed by atoms with E-state index in [0.29, 0.717) is 22.6 Å². The average Bonchev–Trinajstić information content (AvgIpc) is 3.21. The summed E-state index contributed by atoms with van der Waals surface area (Å²) in [6.07, 6.45) is 1.88. The van der Waals surface area contributed by atoms with Crippen LogP contribution in [0.15, 0.2) is 101 Å². The topological polar surface area (TPSA) is 43.1 Å². The van der Waals surface area contributed by atoms with Gasteiger partial charge in [0, 0.05) is 5.56 Å². The summed E-state index contributed by atoms with van der Waals surface area (Å²) in [6, 6.07) is 30.9. The van der Waals surface area contributed by atoms with Crippen molar-refractivity contribution in [2.45, 2.75) is 0 Å². The van der Waals surface area contributed by atoms with Gasteiger partial charge in [-0.15, -0.1) is 0 Å². The van der Waals surface area contributed by atoms with Crippen molar-refractivity contribution in [3.63, 3.8) is 0 Å². The van der Waals surface area contributed by atoms with E-state index in [1.807, 2.05) is 84.9 Å². The smallest absolute Gasteiger partial charge is 0.231 e. The molecule has 1 aromatic heterocycles. The highest BCUT2D eigenvalue weighted by Gasteiger charge is 2.20. The molecule has 0 amide bonds. The van der Waals surface area contributed by atoms with E-state index in [2.05, 4.69) is 23.2 Å². The number of para-hydroxylation sites is 2. The average molecular weight is 375 g/mol. The van der Waals surface area contributed by atoms with Gasteiger partial charge in [0.25, 0.3) is 0 Å². The Morgan fingerprint density at radius 1 is 0.759 bits per heavy atom. The molecule has 0 atom stereocenters. The van der Waals surface area contributed by atoms with Gasteiger partial charge in [-0.05, 0) is 34.5 Å². The number of carbonyl (C=O) groups excluding carboxylic acids is 1. The fourth-order valence-electron chi connectivity index (χ4n) is 3.49. The maximum absolute atomic E-state index is 13.4. The Balaban J connectivity index is 1.73. The van der Waals surface area contributed by atoms with Gasteiger partial charge in [-0.2, -0.15) is 0 Å². The van der Waals surface area contributed by atoms with Crippen molar-refractivity contribution >= 4 is 39.3 Å². The van der Waals surface area contributed by atoms with E-state index < -0.39 is 0 Å². The van der Waals surface area contributed by atoms with Gasteiger partial charge < -0.3 is 4.42 Å². The number of aromatic nitrogens is 1. The maximum atomic E-state index is 13.4. The van der Waals surface area contributed by atoms with E-state index in [1.54, 1.807) is 0 Å². The molecule has 0 N–H and O–H groups in total. The van der Waals surface area contributed by atoms with Crippen molar-refractivity contribution in [1.82, 2.24) is 4.98 Å². The van der Waals surface area contributed by atoms with E-state index in [0.717, 1.165) is 21.9 Å². The molecular weight excluding hydrogens is 358 g/mol. The number of hydrogen-bond acceptors (Lipinski definition) is 3. The monoisotopic (exact) mass is 375 g/mol. The Hall–Kier alpha value is -3.98. The number of allylic oxidation sites excluding steroid dienone is 1. The van der Waals surface area contributed by atoms with Crippen molar-refractivity contribution in [2.75, 3.05) is 0 Å². The molecule has 0 fully saturated rings. The molecule has 0 bridgehead atoms. The zero-order valence-corrected chi connectivity index (χ0v) is 15.6. The summed E-state index contributed by atoms with van der Waals surface area (Å²) in [7, 11) is 0. The molecular formula is C26H17NO2. The quantitative estimate of drug-likeness (QED) is 0.269. The van der Waals surface area contributed by atoms with Crippen LogP contribution in [0.3, 0.4) is 0 Å².